The van der Waals surface area contributed by atoms with Crippen LogP contribution in [-0.2, 0) is 11.3 Å². The number of ether oxygens (including phenoxy) is 1. The Labute approximate surface area is 109 Å². The van der Waals surface area contributed by atoms with Gasteiger partial charge in [0.1, 0.15) is 0 Å². The largest absolute Gasteiger partial charge is 0.376 e. The van der Waals surface area contributed by atoms with Crippen LogP contribution in [0.15, 0.2) is 35.0 Å². The SMILES string of the molecule is O=C(CCCOCc1cccs1)c1cccs1. The van der Waals surface area contributed by atoms with Crippen molar-refractivity contribution in [2.75, 3.05) is 6.61 Å². The Hall–Kier alpha value is -0.970. The molecule has 0 bridgehead atoms. The number of Topliss-reactive ketones (excluding diaryl/α,β-unsaturated/α-hetero) is 1. The van der Waals surface area contributed by atoms with Gasteiger partial charge >= 0.3 is 0 Å². The number of ketones is 1. The maximum Gasteiger partial charge on any atom is 0.172 e. The molecule has 90 valence electrons. The molecule has 2 aromatic rings. The molecule has 17 heavy (non-hydrogen) atoms. The zero-order valence-electron chi connectivity index (χ0n) is 9.43. The maximum absolute atomic E-state index is 11.7. The van der Waals surface area contributed by atoms with Crippen molar-refractivity contribution in [3.63, 3.8) is 0 Å². The van der Waals surface area contributed by atoms with Crippen molar-refractivity contribution in [1.29, 1.82) is 0 Å². The fraction of sp³-hybridized carbons (Fsp3) is 0.308. The van der Waals surface area contributed by atoms with E-state index in [9.17, 15) is 4.79 Å². The van der Waals surface area contributed by atoms with E-state index in [4.69, 9.17) is 4.74 Å². The molecule has 0 aliphatic heterocycles. The Balaban J connectivity index is 1.59. The van der Waals surface area contributed by atoms with Crippen LogP contribution in [0, 0.1) is 0 Å². The predicted molar refractivity (Wildman–Crippen MR) is 71.9 cm³/mol. The van der Waals surface area contributed by atoms with E-state index < -0.39 is 0 Å². The summed E-state index contributed by atoms with van der Waals surface area (Å²) in [6, 6.07) is 7.86. The third-order valence-corrected chi connectivity index (χ3v) is 4.07. The lowest BCUT2D eigenvalue weighted by molar-refractivity contribution is 0.0926. The molecule has 2 rings (SSSR count). The van der Waals surface area contributed by atoms with E-state index >= 15 is 0 Å². The highest BCUT2D eigenvalue weighted by atomic mass is 32.1. The lowest BCUT2D eigenvalue weighted by Gasteiger charge is -2.01. The van der Waals surface area contributed by atoms with Gasteiger partial charge in [0.15, 0.2) is 5.78 Å². The van der Waals surface area contributed by atoms with Gasteiger partial charge in [-0.15, -0.1) is 22.7 Å². The van der Waals surface area contributed by atoms with Gasteiger partial charge in [-0.05, 0) is 29.3 Å². The monoisotopic (exact) mass is 266 g/mol. The van der Waals surface area contributed by atoms with Gasteiger partial charge in [-0.2, -0.15) is 0 Å². The summed E-state index contributed by atoms with van der Waals surface area (Å²) in [6.45, 7) is 1.31. The van der Waals surface area contributed by atoms with E-state index in [1.807, 2.05) is 29.0 Å². The highest BCUT2D eigenvalue weighted by molar-refractivity contribution is 7.12. The first kappa shape index (κ1) is 12.5. The molecule has 0 saturated carbocycles. The summed E-state index contributed by atoms with van der Waals surface area (Å²) in [5.74, 6) is 0.222. The molecule has 0 radical (unpaired) electrons. The second kappa shape index (κ2) is 6.69. The molecule has 4 heteroatoms. The van der Waals surface area contributed by atoms with Crippen molar-refractivity contribution in [3.8, 4) is 0 Å². The van der Waals surface area contributed by atoms with Crippen molar-refractivity contribution in [2.45, 2.75) is 19.4 Å². The van der Waals surface area contributed by atoms with Crippen LogP contribution in [-0.4, -0.2) is 12.4 Å². The lowest BCUT2D eigenvalue weighted by Crippen LogP contribution is -2.00. The molecule has 0 saturated heterocycles. The first-order valence-electron chi connectivity index (χ1n) is 5.53. The van der Waals surface area contributed by atoms with E-state index in [1.54, 1.807) is 11.3 Å². The average molecular weight is 266 g/mol. The quantitative estimate of drug-likeness (QED) is 0.559. The van der Waals surface area contributed by atoms with Crippen LogP contribution >= 0.6 is 22.7 Å². The van der Waals surface area contributed by atoms with Crippen molar-refractivity contribution in [3.05, 3.63) is 44.8 Å². The molecule has 0 fully saturated rings. The standard InChI is InChI=1S/C13H14O2S2/c14-12(13-6-3-9-17-13)5-1-7-15-10-11-4-2-8-16-11/h2-4,6,8-9H,1,5,7,10H2. The summed E-state index contributed by atoms with van der Waals surface area (Å²) >= 11 is 3.20. The molecular formula is C13H14O2S2. The van der Waals surface area contributed by atoms with Gasteiger partial charge in [-0.3, -0.25) is 4.79 Å². The van der Waals surface area contributed by atoms with Crippen molar-refractivity contribution >= 4 is 28.5 Å². The summed E-state index contributed by atoms with van der Waals surface area (Å²) in [4.78, 5) is 13.7. The molecule has 2 nitrogen and oxygen atoms in total. The lowest BCUT2D eigenvalue weighted by atomic mass is 10.2. The van der Waals surface area contributed by atoms with Crippen LogP contribution in [0.1, 0.15) is 27.4 Å². The van der Waals surface area contributed by atoms with Crippen LogP contribution in [0.4, 0.5) is 0 Å². The highest BCUT2D eigenvalue weighted by Gasteiger charge is 2.05. The maximum atomic E-state index is 11.7. The zero-order valence-corrected chi connectivity index (χ0v) is 11.1. The number of carbonyl (C=O) groups excluding carboxylic acids is 1. The van der Waals surface area contributed by atoms with Gasteiger partial charge in [-0.25, -0.2) is 0 Å². The molecule has 2 heterocycles. The van der Waals surface area contributed by atoms with E-state index in [0.29, 0.717) is 19.6 Å². The Morgan fingerprint density at radius 2 is 2.00 bits per heavy atom. The minimum atomic E-state index is 0.222. The van der Waals surface area contributed by atoms with Crippen LogP contribution in [0.2, 0.25) is 0 Å². The molecular weight excluding hydrogens is 252 g/mol. The third kappa shape index (κ3) is 4.07. The minimum absolute atomic E-state index is 0.222. The normalized spacial score (nSPS) is 10.6. The first-order chi connectivity index (χ1) is 8.36. The molecule has 0 aliphatic carbocycles. The number of thiophene rings is 2. The van der Waals surface area contributed by atoms with E-state index in [-0.39, 0.29) is 5.78 Å². The van der Waals surface area contributed by atoms with Gasteiger partial charge in [0.25, 0.3) is 0 Å². The minimum Gasteiger partial charge on any atom is -0.376 e. The Bertz CT molecular complexity index is 432. The Morgan fingerprint density at radius 1 is 1.18 bits per heavy atom. The van der Waals surface area contributed by atoms with Crippen molar-refractivity contribution < 1.29 is 9.53 Å². The second-order valence-electron chi connectivity index (χ2n) is 3.64. The van der Waals surface area contributed by atoms with Crippen LogP contribution in [0.3, 0.4) is 0 Å². The molecule has 0 amide bonds. The molecule has 0 aromatic carbocycles. The fourth-order valence-corrected chi connectivity index (χ4v) is 2.80. The summed E-state index contributed by atoms with van der Waals surface area (Å²) in [5, 5.41) is 3.97. The number of hydrogen-bond donors (Lipinski definition) is 0. The number of rotatable bonds is 7. The second-order valence-corrected chi connectivity index (χ2v) is 5.62. The molecule has 0 spiro atoms. The number of hydrogen-bond acceptors (Lipinski definition) is 4. The number of carbonyl (C=O) groups is 1. The Kier molecular flexibility index (Phi) is 4.91. The van der Waals surface area contributed by atoms with Crippen LogP contribution < -0.4 is 0 Å². The first-order valence-corrected chi connectivity index (χ1v) is 7.29. The smallest absolute Gasteiger partial charge is 0.172 e. The average Bonchev–Trinajstić information content (AvgIpc) is 3.01. The van der Waals surface area contributed by atoms with Gasteiger partial charge in [0.2, 0.25) is 0 Å². The predicted octanol–water partition coefficient (Wildman–Crippen LogP) is 3.99. The summed E-state index contributed by atoms with van der Waals surface area (Å²) in [6.07, 6.45) is 1.37. The highest BCUT2D eigenvalue weighted by Crippen LogP contribution is 2.13. The van der Waals surface area contributed by atoms with E-state index in [0.717, 1.165) is 11.3 Å². The van der Waals surface area contributed by atoms with Gasteiger partial charge in [0.05, 0.1) is 11.5 Å². The molecule has 2 aromatic heterocycles. The van der Waals surface area contributed by atoms with E-state index in [1.165, 1.54) is 16.2 Å². The van der Waals surface area contributed by atoms with Crippen LogP contribution in [0.25, 0.3) is 0 Å². The summed E-state index contributed by atoms with van der Waals surface area (Å²) < 4.78 is 5.51. The zero-order chi connectivity index (χ0) is 11.9. The summed E-state index contributed by atoms with van der Waals surface area (Å²) in [7, 11) is 0. The Morgan fingerprint density at radius 3 is 2.71 bits per heavy atom. The topological polar surface area (TPSA) is 26.3 Å². The van der Waals surface area contributed by atoms with Crippen LogP contribution in [0.5, 0.6) is 0 Å². The van der Waals surface area contributed by atoms with Crippen molar-refractivity contribution in [2.24, 2.45) is 0 Å². The molecule has 0 atom stereocenters. The third-order valence-electron chi connectivity index (χ3n) is 2.31. The van der Waals surface area contributed by atoms with Gasteiger partial charge in [-0.1, -0.05) is 12.1 Å². The van der Waals surface area contributed by atoms with Gasteiger partial charge < -0.3 is 4.74 Å². The van der Waals surface area contributed by atoms with E-state index in [2.05, 4.69) is 6.07 Å². The molecule has 0 aliphatic rings. The molecule has 0 N–H and O–H groups in total. The van der Waals surface area contributed by atoms with Crippen molar-refractivity contribution in [1.82, 2.24) is 0 Å². The van der Waals surface area contributed by atoms with Gasteiger partial charge in [0, 0.05) is 17.9 Å². The summed E-state index contributed by atoms with van der Waals surface area (Å²) in [5.41, 5.74) is 0. The molecule has 0 unspecified atom stereocenters. The fourth-order valence-electron chi connectivity index (χ4n) is 1.46.